The zero-order chi connectivity index (χ0) is 21.0. The number of carbonyl (C=O) groups is 2. The van der Waals surface area contributed by atoms with Gasteiger partial charge >= 0.3 is 5.97 Å². The average Bonchev–Trinajstić information content (AvgIpc) is 3.14. The predicted molar refractivity (Wildman–Crippen MR) is 101 cm³/mol. The topological polar surface area (TPSA) is 142 Å². The number of nitro groups is 1. The molecule has 1 aromatic heterocycles. The molecule has 0 saturated carbocycles. The molecule has 3 rings (SSSR count). The highest BCUT2D eigenvalue weighted by Gasteiger charge is 2.19. The number of amides is 1. The minimum Gasteiger partial charge on any atom is -0.462 e. The van der Waals surface area contributed by atoms with Crippen molar-refractivity contribution >= 4 is 23.3 Å². The number of aromatic nitrogens is 4. The van der Waals surface area contributed by atoms with E-state index < -0.39 is 22.5 Å². The SMILES string of the molecule is CCOC(=O)c1cc(C(=O)Nc2cccc(-n3nnnc3C)c2)cc([N+](=O)[O-])c1. The van der Waals surface area contributed by atoms with Crippen molar-refractivity contribution in [1.82, 2.24) is 20.2 Å². The highest BCUT2D eigenvalue weighted by Crippen LogP contribution is 2.20. The van der Waals surface area contributed by atoms with Gasteiger partial charge in [0.1, 0.15) is 0 Å². The maximum atomic E-state index is 12.7. The highest BCUT2D eigenvalue weighted by atomic mass is 16.6. The molecule has 1 heterocycles. The van der Waals surface area contributed by atoms with Crippen LogP contribution < -0.4 is 5.32 Å². The van der Waals surface area contributed by atoms with Crippen LogP contribution in [0.5, 0.6) is 0 Å². The first-order chi connectivity index (χ1) is 13.9. The van der Waals surface area contributed by atoms with Crippen LogP contribution in [0.3, 0.4) is 0 Å². The summed E-state index contributed by atoms with van der Waals surface area (Å²) in [6, 6.07) is 10.1. The molecule has 0 bridgehead atoms. The first kappa shape index (κ1) is 19.6. The third kappa shape index (κ3) is 4.40. The van der Waals surface area contributed by atoms with E-state index in [9.17, 15) is 19.7 Å². The van der Waals surface area contributed by atoms with Crippen LogP contribution in [0, 0.1) is 17.0 Å². The maximum Gasteiger partial charge on any atom is 0.338 e. The molecule has 3 aromatic rings. The van der Waals surface area contributed by atoms with Crippen molar-refractivity contribution in [3.05, 3.63) is 69.5 Å². The monoisotopic (exact) mass is 396 g/mol. The van der Waals surface area contributed by atoms with Crippen molar-refractivity contribution in [3.63, 3.8) is 0 Å². The zero-order valence-electron chi connectivity index (χ0n) is 15.5. The molecule has 1 N–H and O–H groups in total. The smallest absolute Gasteiger partial charge is 0.338 e. The van der Waals surface area contributed by atoms with Crippen molar-refractivity contribution in [1.29, 1.82) is 0 Å². The summed E-state index contributed by atoms with van der Waals surface area (Å²) in [4.78, 5) is 35.1. The molecule has 11 nitrogen and oxygen atoms in total. The van der Waals surface area contributed by atoms with E-state index in [4.69, 9.17) is 4.74 Å². The summed E-state index contributed by atoms with van der Waals surface area (Å²) in [5.41, 5.74) is 0.525. The lowest BCUT2D eigenvalue weighted by atomic mass is 10.1. The fourth-order valence-corrected chi connectivity index (χ4v) is 2.57. The van der Waals surface area contributed by atoms with E-state index in [1.165, 1.54) is 10.7 Å². The number of anilines is 1. The molecule has 0 aliphatic heterocycles. The fourth-order valence-electron chi connectivity index (χ4n) is 2.57. The van der Waals surface area contributed by atoms with E-state index in [-0.39, 0.29) is 17.7 Å². The first-order valence-corrected chi connectivity index (χ1v) is 8.52. The van der Waals surface area contributed by atoms with Crippen LogP contribution >= 0.6 is 0 Å². The first-order valence-electron chi connectivity index (χ1n) is 8.52. The van der Waals surface area contributed by atoms with Gasteiger partial charge in [-0.15, -0.1) is 5.10 Å². The number of tetrazole rings is 1. The molecule has 29 heavy (non-hydrogen) atoms. The number of hydrogen-bond acceptors (Lipinski definition) is 8. The largest absolute Gasteiger partial charge is 0.462 e. The average molecular weight is 396 g/mol. The molecule has 11 heteroatoms. The van der Waals surface area contributed by atoms with Gasteiger partial charge in [0.05, 0.1) is 22.8 Å². The predicted octanol–water partition coefficient (Wildman–Crippen LogP) is 2.31. The molecule has 0 saturated heterocycles. The van der Waals surface area contributed by atoms with E-state index in [2.05, 4.69) is 20.8 Å². The van der Waals surface area contributed by atoms with Crippen LogP contribution in [0.25, 0.3) is 5.69 Å². The number of ether oxygens (including phenoxy) is 1. The zero-order valence-corrected chi connectivity index (χ0v) is 15.5. The Morgan fingerprint density at radius 2 is 1.97 bits per heavy atom. The van der Waals surface area contributed by atoms with Gasteiger partial charge in [-0.1, -0.05) is 6.07 Å². The van der Waals surface area contributed by atoms with Gasteiger partial charge in [0.15, 0.2) is 5.82 Å². The third-order valence-electron chi connectivity index (χ3n) is 3.88. The highest BCUT2D eigenvalue weighted by molar-refractivity contribution is 6.06. The number of nitro benzene ring substituents is 1. The number of nitrogens with one attached hydrogen (secondary N) is 1. The van der Waals surface area contributed by atoms with Gasteiger partial charge in [-0.3, -0.25) is 14.9 Å². The molecule has 0 atom stereocenters. The number of hydrogen-bond donors (Lipinski definition) is 1. The Kier molecular flexibility index (Phi) is 5.58. The standard InChI is InChI=1S/C18H16N6O5/c1-3-29-18(26)13-7-12(8-16(9-13)24(27)28)17(25)19-14-5-4-6-15(10-14)23-11(2)20-21-22-23/h4-10H,3H2,1-2H3,(H,19,25). The quantitative estimate of drug-likeness (QED) is 0.380. The Morgan fingerprint density at radius 3 is 2.62 bits per heavy atom. The second-order valence-corrected chi connectivity index (χ2v) is 5.89. The van der Waals surface area contributed by atoms with Gasteiger partial charge < -0.3 is 10.1 Å². The molecule has 0 unspecified atom stereocenters. The lowest BCUT2D eigenvalue weighted by Crippen LogP contribution is -2.14. The number of aryl methyl sites for hydroxylation is 1. The van der Waals surface area contributed by atoms with Crippen molar-refractivity contribution in [2.45, 2.75) is 13.8 Å². The van der Waals surface area contributed by atoms with Gasteiger partial charge in [0, 0.05) is 23.4 Å². The van der Waals surface area contributed by atoms with E-state index in [1.807, 2.05) is 0 Å². The fraction of sp³-hybridized carbons (Fsp3) is 0.167. The Balaban J connectivity index is 1.90. The van der Waals surface area contributed by atoms with Crippen molar-refractivity contribution in [2.75, 3.05) is 11.9 Å². The molecule has 148 valence electrons. The van der Waals surface area contributed by atoms with Crippen LogP contribution in [0.4, 0.5) is 11.4 Å². The number of nitrogens with zero attached hydrogens (tertiary/aromatic N) is 5. The summed E-state index contributed by atoms with van der Waals surface area (Å²) < 4.78 is 6.36. The van der Waals surface area contributed by atoms with Crippen LogP contribution in [0.1, 0.15) is 33.5 Å². The van der Waals surface area contributed by atoms with E-state index in [1.54, 1.807) is 38.1 Å². The lowest BCUT2D eigenvalue weighted by Gasteiger charge is -2.09. The maximum absolute atomic E-state index is 12.7. The molecule has 0 spiro atoms. The van der Waals surface area contributed by atoms with Crippen molar-refractivity contribution < 1.29 is 19.2 Å². The third-order valence-corrected chi connectivity index (χ3v) is 3.88. The number of esters is 1. The van der Waals surface area contributed by atoms with Gasteiger partial charge in [-0.25, -0.2) is 4.79 Å². The Bertz CT molecular complexity index is 1090. The number of benzene rings is 2. The number of rotatable bonds is 6. The molecule has 1 amide bonds. The van der Waals surface area contributed by atoms with Crippen LogP contribution in [-0.4, -0.2) is 43.6 Å². The molecular weight excluding hydrogens is 380 g/mol. The molecular formula is C18H16N6O5. The lowest BCUT2D eigenvalue weighted by molar-refractivity contribution is -0.384. The minimum absolute atomic E-state index is 0.0498. The summed E-state index contributed by atoms with van der Waals surface area (Å²) in [6.45, 7) is 3.44. The van der Waals surface area contributed by atoms with Gasteiger partial charge in [-0.05, 0) is 48.5 Å². The van der Waals surface area contributed by atoms with Gasteiger partial charge in [0.25, 0.3) is 11.6 Å². The van der Waals surface area contributed by atoms with E-state index in [0.29, 0.717) is 17.2 Å². The van der Waals surface area contributed by atoms with Crippen molar-refractivity contribution in [3.8, 4) is 5.69 Å². The summed E-state index contributed by atoms with van der Waals surface area (Å²) in [6.07, 6.45) is 0. The Hall–Kier alpha value is -4.15. The molecule has 0 aliphatic rings. The summed E-state index contributed by atoms with van der Waals surface area (Å²) in [7, 11) is 0. The second-order valence-electron chi connectivity index (χ2n) is 5.89. The second kappa shape index (κ2) is 8.25. The molecule has 0 radical (unpaired) electrons. The summed E-state index contributed by atoms with van der Waals surface area (Å²) in [5.74, 6) is -0.808. The Labute approximate surface area is 164 Å². The normalized spacial score (nSPS) is 10.4. The van der Waals surface area contributed by atoms with Crippen LogP contribution in [0.15, 0.2) is 42.5 Å². The van der Waals surface area contributed by atoms with E-state index >= 15 is 0 Å². The van der Waals surface area contributed by atoms with Crippen LogP contribution in [-0.2, 0) is 4.74 Å². The summed E-state index contributed by atoms with van der Waals surface area (Å²) >= 11 is 0. The Morgan fingerprint density at radius 1 is 1.21 bits per heavy atom. The number of non-ortho nitro benzene ring substituents is 1. The number of carbonyl (C=O) groups excluding carboxylic acids is 2. The van der Waals surface area contributed by atoms with Crippen LogP contribution in [0.2, 0.25) is 0 Å². The van der Waals surface area contributed by atoms with Gasteiger partial charge in [-0.2, -0.15) is 4.68 Å². The molecule has 2 aromatic carbocycles. The van der Waals surface area contributed by atoms with Crippen molar-refractivity contribution in [2.24, 2.45) is 0 Å². The molecule has 0 aliphatic carbocycles. The molecule has 0 fully saturated rings. The van der Waals surface area contributed by atoms with Gasteiger partial charge in [0.2, 0.25) is 0 Å². The minimum atomic E-state index is -0.749. The van der Waals surface area contributed by atoms with E-state index in [0.717, 1.165) is 12.1 Å². The summed E-state index contributed by atoms with van der Waals surface area (Å²) in [5, 5.41) is 25.1.